The van der Waals surface area contributed by atoms with Gasteiger partial charge in [-0.25, -0.2) is 0 Å². The molecule has 0 unspecified atom stereocenters. The molecule has 132 valence electrons. The zero-order chi connectivity index (χ0) is 18.3. The van der Waals surface area contributed by atoms with Gasteiger partial charge in [0.05, 0.1) is 11.1 Å². The fourth-order valence-corrected chi connectivity index (χ4v) is 3.52. The lowest BCUT2D eigenvalue weighted by molar-refractivity contribution is -0.116. The predicted molar refractivity (Wildman–Crippen MR) is 98.5 cm³/mol. The van der Waals surface area contributed by atoms with E-state index in [1.54, 1.807) is 24.3 Å². The minimum atomic E-state index is -0.334. The highest BCUT2D eigenvalue weighted by atomic mass is 16.2. The summed E-state index contributed by atoms with van der Waals surface area (Å²) in [5.41, 5.74) is 3.95. The second-order valence-electron chi connectivity index (χ2n) is 6.62. The zero-order valence-corrected chi connectivity index (χ0v) is 14.5. The van der Waals surface area contributed by atoms with Crippen LogP contribution in [0.1, 0.15) is 32.7 Å². The van der Waals surface area contributed by atoms with Gasteiger partial charge in [-0.3, -0.25) is 19.3 Å². The first-order chi connectivity index (χ1) is 12.5. The number of carbonyl (C=O) groups is 3. The Hall–Kier alpha value is -3.15. The summed E-state index contributed by atoms with van der Waals surface area (Å²) >= 11 is 0. The molecule has 6 nitrogen and oxygen atoms in total. The lowest BCUT2D eigenvalue weighted by atomic mass is 10.1. The van der Waals surface area contributed by atoms with Crippen LogP contribution in [0.15, 0.2) is 42.5 Å². The molecule has 6 heteroatoms. The molecule has 2 aliphatic rings. The molecule has 0 saturated heterocycles. The van der Waals surface area contributed by atoms with E-state index < -0.39 is 0 Å². The number of anilines is 2. The molecule has 0 bridgehead atoms. The number of fused-ring (bicyclic) bond motifs is 2. The fraction of sp³-hybridized carbons (Fsp3) is 0.250. The summed E-state index contributed by atoms with van der Waals surface area (Å²) < 4.78 is 0. The van der Waals surface area contributed by atoms with Gasteiger partial charge >= 0.3 is 0 Å². The van der Waals surface area contributed by atoms with Gasteiger partial charge in [-0.05, 0) is 42.3 Å². The van der Waals surface area contributed by atoms with Crippen LogP contribution in [0.5, 0.6) is 0 Å². The Bertz CT molecular complexity index is 887. The largest absolute Gasteiger partial charge is 0.374 e. The van der Waals surface area contributed by atoms with E-state index in [9.17, 15) is 14.4 Å². The van der Waals surface area contributed by atoms with Crippen molar-refractivity contribution < 1.29 is 14.4 Å². The number of rotatable bonds is 4. The molecule has 2 aromatic rings. The van der Waals surface area contributed by atoms with Crippen molar-refractivity contribution in [3.8, 4) is 0 Å². The van der Waals surface area contributed by atoms with Crippen LogP contribution in [-0.2, 0) is 11.2 Å². The minimum absolute atomic E-state index is 0.0719. The van der Waals surface area contributed by atoms with Crippen molar-refractivity contribution in [1.82, 2.24) is 4.90 Å². The van der Waals surface area contributed by atoms with Crippen molar-refractivity contribution in [1.29, 1.82) is 0 Å². The number of nitrogens with zero attached hydrogens (tertiary/aromatic N) is 2. The first-order valence-electron chi connectivity index (χ1n) is 8.64. The van der Waals surface area contributed by atoms with Gasteiger partial charge in [0.2, 0.25) is 5.91 Å². The highest BCUT2D eigenvalue weighted by molar-refractivity contribution is 6.21. The molecule has 4 rings (SSSR count). The zero-order valence-electron chi connectivity index (χ0n) is 14.5. The fourth-order valence-electron chi connectivity index (χ4n) is 3.52. The van der Waals surface area contributed by atoms with Crippen molar-refractivity contribution in [2.24, 2.45) is 0 Å². The molecule has 1 N–H and O–H groups in total. The maximum Gasteiger partial charge on any atom is 0.261 e. The number of amides is 3. The molecule has 2 aliphatic heterocycles. The summed E-state index contributed by atoms with van der Waals surface area (Å²) in [6.07, 6.45) is 1.03. The van der Waals surface area contributed by atoms with Crippen LogP contribution < -0.4 is 10.2 Å². The van der Waals surface area contributed by atoms with E-state index in [-0.39, 0.29) is 30.7 Å². The van der Waals surface area contributed by atoms with Crippen LogP contribution in [0.3, 0.4) is 0 Å². The van der Waals surface area contributed by atoms with Crippen LogP contribution in [0.2, 0.25) is 0 Å². The van der Waals surface area contributed by atoms with Gasteiger partial charge in [-0.2, -0.15) is 0 Å². The molecule has 3 amide bonds. The smallest absolute Gasteiger partial charge is 0.261 e. The maximum absolute atomic E-state index is 12.3. The van der Waals surface area contributed by atoms with E-state index >= 15 is 0 Å². The van der Waals surface area contributed by atoms with E-state index in [0.717, 1.165) is 23.6 Å². The molecule has 26 heavy (non-hydrogen) atoms. The average Bonchev–Trinajstić information content (AvgIpc) is 3.12. The first kappa shape index (κ1) is 16.3. The van der Waals surface area contributed by atoms with Crippen LogP contribution in [0.4, 0.5) is 11.4 Å². The molecule has 2 aromatic carbocycles. The quantitative estimate of drug-likeness (QED) is 0.860. The van der Waals surface area contributed by atoms with Crippen molar-refractivity contribution in [2.45, 2.75) is 12.8 Å². The molecule has 2 heterocycles. The van der Waals surface area contributed by atoms with Gasteiger partial charge in [0.15, 0.2) is 0 Å². The van der Waals surface area contributed by atoms with Gasteiger partial charge < -0.3 is 10.2 Å². The van der Waals surface area contributed by atoms with Crippen LogP contribution in [-0.4, -0.2) is 42.8 Å². The van der Waals surface area contributed by atoms with Crippen molar-refractivity contribution in [2.75, 3.05) is 30.4 Å². The Labute approximate surface area is 151 Å². The number of hydrogen-bond donors (Lipinski definition) is 1. The molecule has 0 fully saturated rings. The Morgan fingerprint density at radius 3 is 2.46 bits per heavy atom. The molecule has 0 spiro atoms. The lowest BCUT2D eigenvalue weighted by Gasteiger charge is -2.14. The van der Waals surface area contributed by atoms with Crippen molar-refractivity contribution in [3.05, 3.63) is 59.2 Å². The summed E-state index contributed by atoms with van der Waals surface area (Å²) in [6.45, 7) is 1.05. The number of nitrogens with one attached hydrogen (secondary N) is 1. The number of hydrogen-bond acceptors (Lipinski definition) is 4. The van der Waals surface area contributed by atoms with Gasteiger partial charge in [0.25, 0.3) is 11.8 Å². The summed E-state index contributed by atoms with van der Waals surface area (Å²) in [7, 11) is 2.05. The Kier molecular flexibility index (Phi) is 3.95. The summed E-state index contributed by atoms with van der Waals surface area (Å²) in [5.74, 6) is -0.884. The van der Waals surface area contributed by atoms with E-state index in [1.807, 2.05) is 25.2 Å². The van der Waals surface area contributed by atoms with Gasteiger partial charge in [-0.15, -0.1) is 0 Å². The van der Waals surface area contributed by atoms with Gasteiger partial charge in [-0.1, -0.05) is 12.1 Å². The minimum Gasteiger partial charge on any atom is -0.374 e. The maximum atomic E-state index is 12.3. The third-order valence-corrected chi connectivity index (χ3v) is 4.93. The van der Waals surface area contributed by atoms with Crippen LogP contribution in [0, 0.1) is 0 Å². The Morgan fingerprint density at radius 1 is 1.08 bits per heavy atom. The summed E-state index contributed by atoms with van der Waals surface area (Å²) in [6, 6.07) is 12.6. The molecule has 0 aromatic heterocycles. The highest BCUT2D eigenvalue weighted by Crippen LogP contribution is 2.29. The van der Waals surface area contributed by atoms with Crippen LogP contribution >= 0.6 is 0 Å². The Morgan fingerprint density at radius 2 is 1.77 bits per heavy atom. The molecule has 0 radical (unpaired) electrons. The summed E-state index contributed by atoms with van der Waals surface area (Å²) in [4.78, 5) is 40.2. The highest BCUT2D eigenvalue weighted by Gasteiger charge is 2.34. The lowest BCUT2D eigenvalue weighted by Crippen LogP contribution is -2.32. The number of likely N-dealkylation sites (N-methyl/N-ethyl adjacent to an activating group) is 1. The van der Waals surface area contributed by atoms with Crippen molar-refractivity contribution in [3.63, 3.8) is 0 Å². The van der Waals surface area contributed by atoms with Gasteiger partial charge in [0, 0.05) is 37.9 Å². The first-order valence-corrected chi connectivity index (χ1v) is 8.64. The van der Waals surface area contributed by atoms with Gasteiger partial charge in [0.1, 0.15) is 0 Å². The standard InChI is InChI=1S/C20H19N3O3/c1-22-10-8-13-12-14(6-7-17(13)22)21-18(24)9-11-23-19(25)15-4-2-3-5-16(15)20(23)26/h2-7,12H,8-11H2,1H3,(H,21,24). The second kappa shape index (κ2) is 6.29. The average molecular weight is 349 g/mol. The second-order valence-corrected chi connectivity index (χ2v) is 6.62. The predicted octanol–water partition coefficient (Wildman–Crippen LogP) is 2.30. The van der Waals surface area contributed by atoms with E-state index in [2.05, 4.69) is 10.2 Å². The third-order valence-electron chi connectivity index (χ3n) is 4.93. The topological polar surface area (TPSA) is 69.7 Å². The van der Waals surface area contributed by atoms with Crippen LogP contribution in [0.25, 0.3) is 0 Å². The number of imide groups is 1. The number of benzene rings is 2. The SMILES string of the molecule is CN1CCc2cc(NC(=O)CCN3C(=O)c4ccccc4C3=O)ccc21. The Balaban J connectivity index is 1.38. The molecule has 0 atom stereocenters. The molecule has 0 saturated carbocycles. The van der Waals surface area contributed by atoms with E-state index in [1.165, 1.54) is 11.3 Å². The normalized spacial score (nSPS) is 15.3. The molecular weight excluding hydrogens is 330 g/mol. The third kappa shape index (κ3) is 2.73. The summed E-state index contributed by atoms with van der Waals surface area (Å²) in [5, 5.41) is 2.85. The van der Waals surface area contributed by atoms with E-state index in [4.69, 9.17) is 0 Å². The molecule has 0 aliphatic carbocycles. The van der Waals surface area contributed by atoms with Crippen molar-refractivity contribution >= 4 is 29.1 Å². The van der Waals surface area contributed by atoms with E-state index in [0.29, 0.717) is 11.1 Å². The monoisotopic (exact) mass is 349 g/mol. The number of carbonyl (C=O) groups excluding carboxylic acids is 3. The molecular formula is C20H19N3O3.